The predicted octanol–water partition coefficient (Wildman–Crippen LogP) is 2.66. The molecule has 134 valence electrons. The van der Waals surface area contributed by atoms with Gasteiger partial charge in [0.05, 0.1) is 10.5 Å². The number of para-hydroxylation sites is 1. The highest BCUT2D eigenvalue weighted by Crippen LogP contribution is 2.21. The summed E-state index contributed by atoms with van der Waals surface area (Å²) >= 11 is 0. The van der Waals surface area contributed by atoms with E-state index >= 15 is 0 Å². The molecule has 25 heavy (non-hydrogen) atoms. The molecule has 1 heterocycles. The van der Waals surface area contributed by atoms with E-state index in [2.05, 4.69) is 13.8 Å². The van der Waals surface area contributed by atoms with E-state index in [1.807, 2.05) is 0 Å². The third-order valence-corrected chi connectivity index (χ3v) is 4.09. The summed E-state index contributed by atoms with van der Waals surface area (Å²) in [4.78, 5) is 36.0. The summed E-state index contributed by atoms with van der Waals surface area (Å²) in [6.07, 6.45) is 3.50. The van der Waals surface area contributed by atoms with Gasteiger partial charge in [-0.2, -0.15) is 0 Å². The predicted molar refractivity (Wildman–Crippen MR) is 92.6 cm³/mol. The van der Waals surface area contributed by atoms with Crippen LogP contribution >= 0.6 is 0 Å². The summed E-state index contributed by atoms with van der Waals surface area (Å²) in [5.41, 5.74) is 0.202. The topological polar surface area (TPSA) is 89.8 Å². The summed E-state index contributed by atoms with van der Waals surface area (Å²) in [7, 11) is 0. The van der Waals surface area contributed by atoms with Crippen LogP contribution in [0.25, 0.3) is 6.08 Å². The van der Waals surface area contributed by atoms with Crippen molar-refractivity contribution >= 4 is 23.6 Å². The first-order valence-electron chi connectivity index (χ1n) is 8.23. The summed E-state index contributed by atoms with van der Waals surface area (Å²) in [6.45, 7) is 5.22. The van der Waals surface area contributed by atoms with Crippen molar-refractivity contribution in [2.75, 3.05) is 19.7 Å². The number of carbonyl (C=O) groups is 2. The van der Waals surface area contributed by atoms with E-state index in [0.29, 0.717) is 30.5 Å². The van der Waals surface area contributed by atoms with Crippen molar-refractivity contribution in [3.8, 4) is 0 Å². The maximum atomic E-state index is 12.1. The van der Waals surface area contributed by atoms with E-state index in [-0.39, 0.29) is 18.2 Å². The molecular weight excluding hydrogens is 324 g/mol. The van der Waals surface area contributed by atoms with Gasteiger partial charge in [0, 0.05) is 25.2 Å². The zero-order valence-electron chi connectivity index (χ0n) is 14.4. The summed E-state index contributed by atoms with van der Waals surface area (Å²) in [5, 5.41) is 10.9. The largest absolute Gasteiger partial charge is 0.452 e. The number of hydrogen-bond acceptors (Lipinski definition) is 5. The molecule has 2 atom stereocenters. The quantitative estimate of drug-likeness (QED) is 0.354. The Morgan fingerprint density at radius 1 is 1.28 bits per heavy atom. The molecule has 1 aliphatic heterocycles. The van der Waals surface area contributed by atoms with Gasteiger partial charge < -0.3 is 9.64 Å². The fourth-order valence-electron chi connectivity index (χ4n) is 3.09. The number of carbonyl (C=O) groups excluding carboxylic acids is 2. The van der Waals surface area contributed by atoms with Gasteiger partial charge in [-0.25, -0.2) is 4.79 Å². The van der Waals surface area contributed by atoms with E-state index in [1.165, 1.54) is 18.2 Å². The van der Waals surface area contributed by atoms with Crippen LogP contribution in [0.3, 0.4) is 0 Å². The molecule has 1 saturated heterocycles. The highest BCUT2D eigenvalue weighted by atomic mass is 16.6. The molecule has 7 nitrogen and oxygen atoms in total. The molecule has 2 rings (SSSR count). The molecule has 1 aliphatic rings. The average molecular weight is 346 g/mol. The Kier molecular flexibility index (Phi) is 6.27. The number of nitrogens with zero attached hydrogens (tertiary/aromatic N) is 2. The number of hydrogen-bond donors (Lipinski definition) is 0. The van der Waals surface area contributed by atoms with Crippen molar-refractivity contribution in [3.05, 3.63) is 46.0 Å². The average Bonchev–Trinajstić information content (AvgIpc) is 2.57. The maximum Gasteiger partial charge on any atom is 0.331 e. The lowest BCUT2D eigenvalue weighted by Crippen LogP contribution is -2.44. The fraction of sp³-hybridized carbons (Fsp3) is 0.444. The molecule has 1 fully saturated rings. The molecule has 7 heteroatoms. The number of amides is 1. The lowest BCUT2D eigenvalue weighted by atomic mass is 9.92. The highest BCUT2D eigenvalue weighted by molar-refractivity contribution is 5.90. The molecule has 1 aromatic rings. The van der Waals surface area contributed by atoms with Crippen molar-refractivity contribution in [2.24, 2.45) is 11.8 Å². The van der Waals surface area contributed by atoms with Gasteiger partial charge in [0.25, 0.3) is 11.6 Å². The smallest absolute Gasteiger partial charge is 0.331 e. The van der Waals surface area contributed by atoms with Crippen LogP contribution in [0, 0.1) is 22.0 Å². The maximum absolute atomic E-state index is 12.1. The third kappa shape index (κ3) is 5.41. The first kappa shape index (κ1) is 18.6. The van der Waals surface area contributed by atoms with E-state index in [1.54, 1.807) is 17.0 Å². The van der Waals surface area contributed by atoms with Gasteiger partial charge in [-0.1, -0.05) is 26.0 Å². The number of nitro benzene ring substituents is 1. The molecular formula is C18H22N2O5. The standard InChI is InChI=1S/C18H22N2O5/c1-13-9-14(2)11-19(10-13)17(21)12-25-18(22)8-7-15-5-3-4-6-16(15)20(23)24/h3-8,13-14H,9-12H2,1-2H3. The molecule has 0 aromatic heterocycles. The van der Waals surface area contributed by atoms with Crippen LogP contribution in [0.1, 0.15) is 25.8 Å². The summed E-state index contributed by atoms with van der Waals surface area (Å²) < 4.78 is 4.96. The number of nitro groups is 1. The lowest BCUT2D eigenvalue weighted by molar-refractivity contribution is -0.385. The van der Waals surface area contributed by atoms with E-state index in [0.717, 1.165) is 12.5 Å². The zero-order valence-corrected chi connectivity index (χ0v) is 14.4. The molecule has 1 amide bonds. The van der Waals surface area contributed by atoms with Gasteiger partial charge >= 0.3 is 5.97 Å². The van der Waals surface area contributed by atoms with Gasteiger partial charge in [-0.15, -0.1) is 0 Å². The van der Waals surface area contributed by atoms with Crippen LogP contribution in [0.15, 0.2) is 30.3 Å². The minimum absolute atomic E-state index is 0.0982. The van der Waals surface area contributed by atoms with Crippen molar-refractivity contribution in [3.63, 3.8) is 0 Å². The molecule has 1 aromatic carbocycles. The Hall–Kier alpha value is -2.70. The first-order chi connectivity index (χ1) is 11.9. The van der Waals surface area contributed by atoms with Gasteiger partial charge in [0.2, 0.25) is 0 Å². The molecule has 0 spiro atoms. The molecule has 0 aliphatic carbocycles. The fourth-order valence-corrected chi connectivity index (χ4v) is 3.09. The Morgan fingerprint density at radius 2 is 1.92 bits per heavy atom. The van der Waals surface area contributed by atoms with Gasteiger partial charge in [-0.3, -0.25) is 14.9 Å². The normalized spacial score (nSPS) is 20.5. The van der Waals surface area contributed by atoms with Crippen LogP contribution < -0.4 is 0 Å². The van der Waals surface area contributed by atoms with Crippen LogP contribution in [0.4, 0.5) is 5.69 Å². The number of likely N-dealkylation sites (tertiary alicyclic amines) is 1. The van der Waals surface area contributed by atoms with E-state index in [4.69, 9.17) is 4.74 Å². The molecule has 0 N–H and O–H groups in total. The number of piperidine rings is 1. The van der Waals surface area contributed by atoms with Crippen LogP contribution in [0.2, 0.25) is 0 Å². The zero-order chi connectivity index (χ0) is 18.4. The lowest BCUT2D eigenvalue weighted by Gasteiger charge is -2.34. The number of ether oxygens (including phenoxy) is 1. The second-order valence-electron chi connectivity index (χ2n) is 6.50. The van der Waals surface area contributed by atoms with Crippen molar-refractivity contribution < 1.29 is 19.2 Å². The third-order valence-electron chi connectivity index (χ3n) is 4.09. The van der Waals surface area contributed by atoms with Crippen LogP contribution in [-0.2, 0) is 14.3 Å². The monoisotopic (exact) mass is 346 g/mol. The van der Waals surface area contributed by atoms with Crippen LogP contribution in [0.5, 0.6) is 0 Å². The summed E-state index contributed by atoms with van der Waals surface area (Å²) in [6, 6.07) is 6.07. The van der Waals surface area contributed by atoms with Gasteiger partial charge in [0.15, 0.2) is 6.61 Å². The minimum atomic E-state index is -0.704. The van der Waals surface area contributed by atoms with Gasteiger partial charge in [0.1, 0.15) is 0 Å². The first-order valence-corrected chi connectivity index (χ1v) is 8.23. The molecule has 0 saturated carbocycles. The summed E-state index contributed by atoms with van der Waals surface area (Å²) in [5.74, 6) is -0.0562. The number of esters is 1. The number of benzene rings is 1. The number of rotatable bonds is 5. The van der Waals surface area contributed by atoms with E-state index < -0.39 is 10.9 Å². The van der Waals surface area contributed by atoms with Gasteiger partial charge in [-0.05, 0) is 30.4 Å². The molecule has 2 unspecified atom stereocenters. The van der Waals surface area contributed by atoms with E-state index in [9.17, 15) is 19.7 Å². The highest BCUT2D eigenvalue weighted by Gasteiger charge is 2.25. The Morgan fingerprint density at radius 3 is 2.56 bits per heavy atom. The van der Waals surface area contributed by atoms with Crippen molar-refractivity contribution in [1.29, 1.82) is 0 Å². The second-order valence-corrected chi connectivity index (χ2v) is 6.50. The Balaban J connectivity index is 1.88. The Bertz CT molecular complexity index is 676. The Labute approximate surface area is 146 Å². The molecule has 0 radical (unpaired) electrons. The van der Waals surface area contributed by atoms with Crippen LogP contribution in [-0.4, -0.2) is 41.4 Å². The van der Waals surface area contributed by atoms with Crippen molar-refractivity contribution in [2.45, 2.75) is 20.3 Å². The molecule has 0 bridgehead atoms. The van der Waals surface area contributed by atoms with Crippen molar-refractivity contribution in [1.82, 2.24) is 4.90 Å². The minimum Gasteiger partial charge on any atom is -0.452 e. The SMILES string of the molecule is CC1CC(C)CN(C(=O)COC(=O)C=Cc2ccccc2[N+](=O)[O-])C1. The second kappa shape index (κ2) is 8.41.